The van der Waals surface area contributed by atoms with Crippen LogP contribution in [0.25, 0.3) is 0 Å². The van der Waals surface area contributed by atoms with E-state index >= 15 is 0 Å². The van der Waals surface area contributed by atoms with Gasteiger partial charge in [-0.1, -0.05) is 19.9 Å². The van der Waals surface area contributed by atoms with Crippen molar-refractivity contribution >= 4 is 11.9 Å². The maximum Gasteiger partial charge on any atom is 0.306 e. The van der Waals surface area contributed by atoms with E-state index in [-0.39, 0.29) is 17.9 Å². The van der Waals surface area contributed by atoms with Gasteiger partial charge < -0.3 is 15.2 Å². The van der Waals surface area contributed by atoms with Crippen molar-refractivity contribution < 1.29 is 19.4 Å². The molecule has 1 aromatic carbocycles. The fourth-order valence-corrected chi connectivity index (χ4v) is 2.20. The molecule has 0 heterocycles. The summed E-state index contributed by atoms with van der Waals surface area (Å²) in [6.07, 6.45) is 1.01. The van der Waals surface area contributed by atoms with Gasteiger partial charge in [-0.25, -0.2) is 0 Å². The molecule has 0 unspecified atom stereocenters. The average Bonchev–Trinajstić information content (AvgIpc) is 2.39. The Bertz CT molecular complexity index is 521. The van der Waals surface area contributed by atoms with Gasteiger partial charge in [0, 0.05) is 11.6 Å². The number of benzene rings is 1. The Morgan fingerprint density at radius 3 is 2.71 bits per heavy atom. The molecule has 1 aromatic rings. The van der Waals surface area contributed by atoms with E-state index in [4.69, 9.17) is 9.84 Å². The number of hydrogen-bond acceptors (Lipinski definition) is 3. The van der Waals surface area contributed by atoms with Gasteiger partial charge in [0.15, 0.2) is 0 Å². The molecule has 5 nitrogen and oxygen atoms in total. The summed E-state index contributed by atoms with van der Waals surface area (Å²) >= 11 is 0. The lowest BCUT2D eigenvalue weighted by molar-refractivity contribution is -0.145. The first kappa shape index (κ1) is 15.4. The number of carboxylic acids is 1. The molecule has 0 bridgehead atoms. The summed E-state index contributed by atoms with van der Waals surface area (Å²) in [7, 11) is 0. The molecule has 114 valence electrons. The summed E-state index contributed by atoms with van der Waals surface area (Å²) in [6.45, 7) is 4.73. The van der Waals surface area contributed by atoms with Crippen LogP contribution in [0, 0.1) is 11.8 Å². The van der Waals surface area contributed by atoms with E-state index in [0.29, 0.717) is 36.7 Å². The summed E-state index contributed by atoms with van der Waals surface area (Å²) in [6, 6.07) is 7.00. The number of hydrogen-bond donors (Lipinski definition) is 2. The van der Waals surface area contributed by atoms with Gasteiger partial charge in [0.1, 0.15) is 5.75 Å². The molecule has 0 aliphatic heterocycles. The van der Waals surface area contributed by atoms with Gasteiger partial charge in [-0.3, -0.25) is 9.59 Å². The van der Waals surface area contributed by atoms with Gasteiger partial charge in [0.05, 0.1) is 12.5 Å². The number of carboxylic acid groups (broad SMARTS) is 1. The summed E-state index contributed by atoms with van der Waals surface area (Å²) in [4.78, 5) is 22.8. The predicted octanol–water partition coefficient (Wildman–Crippen LogP) is 2.31. The fourth-order valence-electron chi connectivity index (χ4n) is 2.20. The van der Waals surface area contributed by atoms with Gasteiger partial charge in [0.2, 0.25) is 0 Å². The summed E-state index contributed by atoms with van der Waals surface area (Å²) in [5.74, 6) is -0.196. The fraction of sp³-hybridized carbons (Fsp3) is 0.500. The van der Waals surface area contributed by atoms with Gasteiger partial charge >= 0.3 is 5.97 Å². The highest BCUT2D eigenvalue weighted by molar-refractivity contribution is 5.95. The molecule has 0 aromatic heterocycles. The summed E-state index contributed by atoms with van der Waals surface area (Å²) < 4.78 is 5.59. The van der Waals surface area contributed by atoms with E-state index in [2.05, 4.69) is 19.2 Å². The lowest BCUT2D eigenvalue weighted by atomic mass is 9.80. The molecular weight excluding hydrogens is 270 g/mol. The van der Waals surface area contributed by atoms with Crippen molar-refractivity contribution in [1.82, 2.24) is 5.32 Å². The van der Waals surface area contributed by atoms with E-state index in [9.17, 15) is 9.59 Å². The molecule has 5 heteroatoms. The Hall–Kier alpha value is -2.04. The van der Waals surface area contributed by atoms with Crippen LogP contribution in [0.2, 0.25) is 0 Å². The van der Waals surface area contributed by atoms with Crippen molar-refractivity contribution in [3.8, 4) is 5.75 Å². The Morgan fingerprint density at radius 1 is 1.38 bits per heavy atom. The normalized spacial score (nSPS) is 20.7. The molecule has 2 N–H and O–H groups in total. The molecule has 1 fully saturated rings. The number of ether oxygens (including phenoxy) is 1. The van der Waals surface area contributed by atoms with Crippen LogP contribution >= 0.6 is 0 Å². The summed E-state index contributed by atoms with van der Waals surface area (Å²) in [5, 5.41) is 11.7. The first-order valence-electron chi connectivity index (χ1n) is 7.22. The van der Waals surface area contributed by atoms with Gasteiger partial charge in [-0.05, 0) is 37.0 Å². The quantitative estimate of drug-likeness (QED) is 0.843. The van der Waals surface area contributed by atoms with Crippen molar-refractivity contribution in [3.63, 3.8) is 0 Å². The lowest BCUT2D eigenvalue weighted by Gasteiger charge is -2.32. The zero-order valence-corrected chi connectivity index (χ0v) is 12.3. The molecule has 1 amide bonds. The molecule has 2 rings (SSSR count). The van der Waals surface area contributed by atoms with Crippen LogP contribution in [0.1, 0.15) is 37.0 Å². The molecule has 0 spiro atoms. The standard InChI is InChI=1S/C16H21NO4/c1-10(2)9-21-14-5-3-4-11(8-14)15(18)17-13-6-12(7-13)16(19)20/h3-5,8,10,12-13H,6-7,9H2,1-2H3,(H,17,18)(H,19,20). The molecule has 0 atom stereocenters. The van der Waals surface area contributed by atoms with Crippen molar-refractivity contribution in [2.24, 2.45) is 11.8 Å². The van der Waals surface area contributed by atoms with Crippen LogP contribution in [0.15, 0.2) is 24.3 Å². The lowest BCUT2D eigenvalue weighted by Crippen LogP contribution is -2.46. The van der Waals surface area contributed by atoms with Crippen LogP contribution in [0.3, 0.4) is 0 Å². The SMILES string of the molecule is CC(C)COc1cccc(C(=O)NC2CC(C(=O)O)C2)c1. The van der Waals surface area contributed by atoms with Crippen LogP contribution in [-0.2, 0) is 4.79 Å². The third-order valence-corrected chi connectivity index (χ3v) is 3.50. The maximum absolute atomic E-state index is 12.1. The molecule has 1 aliphatic carbocycles. The topological polar surface area (TPSA) is 75.6 Å². The number of carbonyl (C=O) groups excluding carboxylic acids is 1. The molecule has 21 heavy (non-hydrogen) atoms. The Labute approximate surface area is 124 Å². The van der Waals surface area contributed by atoms with Gasteiger partial charge in [0.25, 0.3) is 5.91 Å². The molecular formula is C16H21NO4. The monoisotopic (exact) mass is 291 g/mol. The number of nitrogens with one attached hydrogen (secondary N) is 1. The highest BCUT2D eigenvalue weighted by Crippen LogP contribution is 2.27. The van der Waals surface area contributed by atoms with Gasteiger partial charge in [-0.15, -0.1) is 0 Å². The summed E-state index contributed by atoms with van der Waals surface area (Å²) in [5.41, 5.74) is 0.537. The van der Waals surface area contributed by atoms with E-state index < -0.39 is 5.97 Å². The highest BCUT2D eigenvalue weighted by Gasteiger charge is 2.35. The molecule has 1 saturated carbocycles. The van der Waals surface area contributed by atoms with E-state index in [0.717, 1.165) is 0 Å². The minimum Gasteiger partial charge on any atom is -0.493 e. The third-order valence-electron chi connectivity index (χ3n) is 3.50. The number of carbonyl (C=O) groups is 2. The van der Waals surface area contributed by atoms with Crippen LogP contribution in [0.5, 0.6) is 5.75 Å². The van der Waals surface area contributed by atoms with Crippen molar-refractivity contribution in [2.75, 3.05) is 6.61 Å². The van der Waals surface area contributed by atoms with E-state index in [1.54, 1.807) is 18.2 Å². The van der Waals surface area contributed by atoms with Crippen LogP contribution < -0.4 is 10.1 Å². The smallest absolute Gasteiger partial charge is 0.306 e. The Kier molecular flexibility index (Phi) is 4.83. The maximum atomic E-state index is 12.1. The van der Waals surface area contributed by atoms with Crippen molar-refractivity contribution in [3.05, 3.63) is 29.8 Å². The third kappa shape index (κ3) is 4.21. The minimum atomic E-state index is -0.787. The second kappa shape index (κ2) is 6.61. The first-order chi connectivity index (χ1) is 9.95. The second-order valence-electron chi connectivity index (χ2n) is 5.91. The van der Waals surface area contributed by atoms with Gasteiger partial charge in [-0.2, -0.15) is 0 Å². The van der Waals surface area contributed by atoms with Crippen molar-refractivity contribution in [1.29, 1.82) is 0 Å². The van der Waals surface area contributed by atoms with E-state index in [1.807, 2.05) is 6.07 Å². The van der Waals surface area contributed by atoms with E-state index in [1.165, 1.54) is 0 Å². The number of aliphatic carboxylic acids is 1. The predicted molar refractivity (Wildman–Crippen MR) is 78.4 cm³/mol. The largest absolute Gasteiger partial charge is 0.493 e. The molecule has 0 radical (unpaired) electrons. The second-order valence-corrected chi connectivity index (χ2v) is 5.91. The highest BCUT2D eigenvalue weighted by atomic mass is 16.5. The molecule has 1 aliphatic rings. The zero-order valence-electron chi connectivity index (χ0n) is 12.3. The number of amides is 1. The minimum absolute atomic E-state index is 0.0427. The molecule has 0 saturated heterocycles. The van der Waals surface area contributed by atoms with Crippen LogP contribution in [0.4, 0.5) is 0 Å². The first-order valence-corrected chi connectivity index (χ1v) is 7.22. The Morgan fingerprint density at radius 2 is 2.10 bits per heavy atom. The number of rotatable bonds is 6. The van der Waals surface area contributed by atoms with Crippen LogP contribution in [-0.4, -0.2) is 29.6 Å². The van der Waals surface area contributed by atoms with Crippen molar-refractivity contribution in [2.45, 2.75) is 32.7 Å². The Balaban J connectivity index is 1.88. The average molecular weight is 291 g/mol. The zero-order chi connectivity index (χ0) is 15.4.